The normalized spacial score (nSPS) is 23.3. The molecule has 0 spiro atoms. The first-order chi connectivity index (χ1) is 20.0. The van der Waals surface area contributed by atoms with E-state index in [0.29, 0.717) is 17.9 Å². The molecule has 41 heavy (non-hydrogen) atoms. The highest BCUT2D eigenvalue weighted by atomic mass is 32.1. The molecule has 6 heteroatoms. The summed E-state index contributed by atoms with van der Waals surface area (Å²) in [6, 6.07) is 16.1. The Balaban J connectivity index is 1.36. The highest BCUT2D eigenvalue weighted by Crippen LogP contribution is 2.44. The molecule has 1 saturated heterocycles. The van der Waals surface area contributed by atoms with Crippen LogP contribution >= 0.6 is 11.3 Å². The van der Waals surface area contributed by atoms with Crippen LogP contribution in [0.1, 0.15) is 99.8 Å². The number of piperidine rings is 1. The molecule has 5 rings (SSSR count). The van der Waals surface area contributed by atoms with Gasteiger partial charge >= 0.3 is 0 Å². The second kappa shape index (κ2) is 14.3. The van der Waals surface area contributed by atoms with Gasteiger partial charge in [-0.05, 0) is 94.1 Å². The molecule has 1 saturated carbocycles. The predicted molar refractivity (Wildman–Crippen MR) is 173 cm³/mol. The maximum absolute atomic E-state index is 6.87. The minimum Gasteiger partial charge on any atom is -0.423 e. The number of thiophene rings is 1. The smallest absolute Gasteiger partial charge is 0.220 e. The van der Waals surface area contributed by atoms with E-state index in [1.54, 1.807) is 0 Å². The standard InChI is InChI=1S/C35H52N4OS/c1-6-38(7-2)31(24-28-17-19-29(20-18-28)33(37(4)5)32-16-12-22-41-32)34-36-30(23-27-14-9-8-10-15-27)35(40-34)39-21-11-13-26(3)25-39/h8-10,12,14-16,22,26,28-29,31,33H,6-7,11,13,17-21,23-25H2,1-5H3. The van der Waals surface area contributed by atoms with Gasteiger partial charge in [0.15, 0.2) is 0 Å². The van der Waals surface area contributed by atoms with Gasteiger partial charge in [-0.1, -0.05) is 70.0 Å². The predicted octanol–water partition coefficient (Wildman–Crippen LogP) is 8.45. The second-order valence-electron chi connectivity index (χ2n) is 12.8. The molecule has 3 unspecified atom stereocenters. The summed E-state index contributed by atoms with van der Waals surface area (Å²) in [7, 11) is 4.51. The van der Waals surface area contributed by atoms with Gasteiger partial charge in [-0.3, -0.25) is 4.90 Å². The zero-order chi connectivity index (χ0) is 28.8. The van der Waals surface area contributed by atoms with Crippen LogP contribution in [0, 0.1) is 17.8 Å². The molecule has 2 fully saturated rings. The van der Waals surface area contributed by atoms with Crippen LogP contribution in [-0.4, -0.2) is 55.1 Å². The Morgan fingerprint density at radius 2 is 1.76 bits per heavy atom. The lowest BCUT2D eigenvalue weighted by Crippen LogP contribution is -2.34. The van der Waals surface area contributed by atoms with Gasteiger partial charge in [-0.25, -0.2) is 4.98 Å². The van der Waals surface area contributed by atoms with Crippen molar-refractivity contribution in [3.8, 4) is 0 Å². The third kappa shape index (κ3) is 7.44. The Labute approximate surface area is 252 Å². The first-order valence-corrected chi connectivity index (χ1v) is 17.1. The topological polar surface area (TPSA) is 35.8 Å². The maximum Gasteiger partial charge on any atom is 0.220 e. The minimum atomic E-state index is 0.235. The van der Waals surface area contributed by atoms with E-state index in [-0.39, 0.29) is 6.04 Å². The summed E-state index contributed by atoms with van der Waals surface area (Å²) in [6.07, 6.45) is 9.70. The molecule has 0 radical (unpaired) electrons. The number of rotatable bonds is 12. The number of hydrogen-bond acceptors (Lipinski definition) is 6. The molecule has 1 aliphatic carbocycles. The molecule has 2 aliphatic rings. The fraction of sp³-hybridized carbons (Fsp3) is 0.629. The van der Waals surface area contributed by atoms with Gasteiger partial charge in [0.2, 0.25) is 11.8 Å². The van der Waals surface area contributed by atoms with Gasteiger partial charge in [-0.15, -0.1) is 11.3 Å². The van der Waals surface area contributed by atoms with E-state index >= 15 is 0 Å². The van der Waals surface area contributed by atoms with Crippen LogP contribution in [0.25, 0.3) is 0 Å². The zero-order valence-corrected chi connectivity index (χ0v) is 26.9. The average molecular weight is 577 g/mol. The molecule has 2 aromatic heterocycles. The van der Waals surface area contributed by atoms with Gasteiger partial charge in [0.05, 0.1) is 6.04 Å². The molecule has 3 aromatic rings. The van der Waals surface area contributed by atoms with Crippen LogP contribution in [0.3, 0.4) is 0 Å². The quantitative estimate of drug-likeness (QED) is 0.216. The number of hydrogen-bond donors (Lipinski definition) is 0. The molecular formula is C35H52N4OS. The number of benzene rings is 1. The van der Waals surface area contributed by atoms with E-state index in [2.05, 4.69) is 97.4 Å². The highest BCUT2D eigenvalue weighted by Gasteiger charge is 2.35. The van der Waals surface area contributed by atoms with E-state index in [1.807, 2.05) is 11.3 Å². The molecular weight excluding hydrogens is 524 g/mol. The summed E-state index contributed by atoms with van der Waals surface area (Å²) in [5.74, 6) is 4.11. The largest absolute Gasteiger partial charge is 0.423 e. The summed E-state index contributed by atoms with van der Waals surface area (Å²) < 4.78 is 6.87. The maximum atomic E-state index is 6.87. The van der Waals surface area contributed by atoms with Crippen molar-refractivity contribution in [3.05, 3.63) is 69.9 Å². The van der Waals surface area contributed by atoms with Crippen molar-refractivity contribution >= 4 is 17.2 Å². The first kappa shape index (κ1) is 30.3. The van der Waals surface area contributed by atoms with Crippen LogP contribution in [0.4, 0.5) is 5.88 Å². The van der Waals surface area contributed by atoms with Crippen LogP contribution in [0.2, 0.25) is 0 Å². The van der Waals surface area contributed by atoms with Crippen LogP contribution in [0.15, 0.2) is 52.3 Å². The van der Waals surface area contributed by atoms with Crippen molar-refractivity contribution in [2.24, 2.45) is 17.8 Å². The first-order valence-electron chi connectivity index (χ1n) is 16.2. The molecule has 3 atom stereocenters. The second-order valence-corrected chi connectivity index (χ2v) is 13.8. The molecule has 1 aliphatic heterocycles. The van der Waals surface area contributed by atoms with Gasteiger partial charge < -0.3 is 14.2 Å². The third-order valence-corrected chi connectivity index (χ3v) is 10.6. The minimum absolute atomic E-state index is 0.235. The Morgan fingerprint density at radius 3 is 2.39 bits per heavy atom. The number of nitrogens with zero attached hydrogens (tertiary/aromatic N) is 4. The van der Waals surface area contributed by atoms with Gasteiger partial charge in [0.25, 0.3) is 0 Å². The molecule has 5 nitrogen and oxygen atoms in total. The van der Waals surface area contributed by atoms with Crippen molar-refractivity contribution in [2.75, 3.05) is 45.2 Å². The lowest BCUT2D eigenvalue weighted by molar-refractivity contribution is 0.113. The Kier molecular flexibility index (Phi) is 10.6. The van der Waals surface area contributed by atoms with E-state index < -0.39 is 0 Å². The van der Waals surface area contributed by atoms with Crippen molar-refractivity contribution in [1.29, 1.82) is 0 Å². The lowest BCUT2D eigenvalue weighted by atomic mass is 9.75. The Hall–Kier alpha value is -2.15. The van der Waals surface area contributed by atoms with E-state index in [0.717, 1.165) is 62.4 Å². The summed E-state index contributed by atoms with van der Waals surface area (Å²) in [5, 5.41) is 2.23. The SMILES string of the molecule is CCN(CC)C(CC1CCC(C(c2cccs2)N(C)C)CC1)c1nc(Cc2ccccc2)c(N2CCCC(C)C2)o1. The fourth-order valence-corrected chi connectivity index (χ4v) is 8.54. The van der Waals surface area contributed by atoms with Gasteiger partial charge in [0.1, 0.15) is 5.69 Å². The van der Waals surface area contributed by atoms with Crippen LogP contribution < -0.4 is 4.90 Å². The summed E-state index contributed by atoms with van der Waals surface area (Å²) in [4.78, 5) is 14.4. The molecule has 224 valence electrons. The van der Waals surface area contributed by atoms with Crippen molar-refractivity contribution in [1.82, 2.24) is 14.8 Å². The summed E-state index contributed by atoms with van der Waals surface area (Å²) >= 11 is 1.91. The summed E-state index contributed by atoms with van der Waals surface area (Å²) in [5.41, 5.74) is 2.42. The van der Waals surface area contributed by atoms with E-state index in [9.17, 15) is 0 Å². The third-order valence-electron chi connectivity index (χ3n) is 9.68. The van der Waals surface area contributed by atoms with Crippen LogP contribution in [0.5, 0.6) is 0 Å². The van der Waals surface area contributed by atoms with Crippen molar-refractivity contribution < 1.29 is 4.42 Å². The lowest BCUT2D eigenvalue weighted by Gasteiger charge is -2.38. The number of anilines is 1. The molecule has 0 bridgehead atoms. The molecule has 0 N–H and O–H groups in total. The average Bonchev–Trinajstić information content (AvgIpc) is 3.65. The van der Waals surface area contributed by atoms with Gasteiger partial charge in [-0.2, -0.15) is 0 Å². The van der Waals surface area contributed by atoms with Crippen LogP contribution in [-0.2, 0) is 6.42 Å². The molecule has 3 heterocycles. The highest BCUT2D eigenvalue weighted by molar-refractivity contribution is 7.10. The Bertz CT molecular complexity index is 1160. The number of aromatic nitrogens is 1. The van der Waals surface area contributed by atoms with Crippen molar-refractivity contribution in [3.63, 3.8) is 0 Å². The zero-order valence-electron chi connectivity index (χ0n) is 26.1. The molecule has 0 amide bonds. The number of oxazole rings is 1. The molecule has 1 aromatic carbocycles. The summed E-state index contributed by atoms with van der Waals surface area (Å²) in [6.45, 7) is 11.1. The fourth-order valence-electron chi connectivity index (χ4n) is 7.52. The Morgan fingerprint density at radius 1 is 1.00 bits per heavy atom. The van der Waals surface area contributed by atoms with Gasteiger partial charge in [0, 0.05) is 30.4 Å². The van der Waals surface area contributed by atoms with E-state index in [1.165, 1.54) is 49.0 Å². The van der Waals surface area contributed by atoms with E-state index in [4.69, 9.17) is 9.40 Å². The van der Waals surface area contributed by atoms with Crippen molar-refractivity contribution in [2.45, 2.75) is 84.2 Å². The monoisotopic (exact) mass is 576 g/mol.